The standard InChI is InChI=1S/C19H24BrN3O2/c1-18(2,3)25-17(24)22-11-14-15(13-9-7-6-8-10-13)16(20)21-23(14)12-19(22,4)5/h6-10H,11-12H2,1-5H3. The van der Waals surface area contributed by atoms with E-state index in [2.05, 4.69) is 33.2 Å². The van der Waals surface area contributed by atoms with Gasteiger partial charge < -0.3 is 4.74 Å². The van der Waals surface area contributed by atoms with Crippen LogP contribution in [0.2, 0.25) is 0 Å². The second-order valence-electron chi connectivity index (χ2n) is 8.02. The first-order valence-corrected chi connectivity index (χ1v) is 9.19. The molecule has 1 amide bonds. The van der Waals surface area contributed by atoms with Crippen LogP contribution in [0, 0.1) is 0 Å². The van der Waals surface area contributed by atoms with E-state index >= 15 is 0 Å². The molecule has 1 aromatic heterocycles. The van der Waals surface area contributed by atoms with Crippen LogP contribution in [-0.2, 0) is 17.8 Å². The average Bonchev–Trinajstić information content (AvgIpc) is 2.78. The van der Waals surface area contributed by atoms with Gasteiger partial charge in [-0.2, -0.15) is 5.10 Å². The van der Waals surface area contributed by atoms with Crippen molar-refractivity contribution in [2.24, 2.45) is 0 Å². The maximum absolute atomic E-state index is 12.8. The van der Waals surface area contributed by atoms with Gasteiger partial charge in [-0.25, -0.2) is 4.79 Å². The third-order valence-corrected chi connectivity index (χ3v) is 4.82. The van der Waals surface area contributed by atoms with Gasteiger partial charge in [0.05, 0.1) is 24.3 Å². The summed E-state index contributed by atoms with van der Waals surface area (Å²) in [4.78, 5) is 14.6. The van der Waals surface area contributed by atoms with Crippen molar-refractivity contribution in [1.29, 1.82) is 0 Å². The molecule has 0 saturated heterocycles. The third kappa shape index (κ3) is 3.59. The molecule has 0 atom stereocenters. The highest BCUT2D eigenvalue weighted by Crippen LogP contribution is 2.37. The van der Waals surface area contributed by atoms with Crippen molar-refractivity contribution in [2.75, 3.05) is 0 Å². The minimum atomic E-state index is -0.520. The summed E-state index contributed by atoms with van der Waals surface area (Å²) in [6, 6.07) is 10.1. The fraction of sp³-hybridized carbons (Fsp3) is 0.474. The molecule has 5 nitrogen and oxygen atoms in total. The lowest BCUT2D eigenvalue weighted by Crippen LogP contribution is -2.54. The average molecular weight is 406 g/mol. The van der Waals surface area contributed by atoms with Gasteiger partial charge in [0.15, 0.2) is 0 Å². The van der Waals surface area contributed by atoms with Crippen LogP contribution in [-0.4, -0.2) is 31.9 Å². The largest absolute Gasteiger partial charge is 0.444 e. The van der Waals surface area contributed by atoms with E-state index in [0.717, 1.165) is 21.4 Å². The van der Waals surface area contributed by atoms with Gasteiger partial charge in [-0.05, 0) is 56.1 Å². The SMILES string of the molecule is CC(C)(C)OC(=O)N1Cc2c(-c3ccccc3)c(Br)nn2CC1(C)C. The maximum atomic E-state index is 12.8. The Bertz CT molecular complexity index is 791. The number of nitrogens with zero attached hydrogens (tertiary/aromatic N) is 3. The number of hydrogen-bond donors (Lipinski definition) is 0. The van der Waals surface area contributed by atoms with Crippen molar-refractivity contribution in [3.8, 4) is 11.1 Å². The van der Waals surface area contributed by atoms with Crippen LogP contribution >= 0.6 is 15.9 Å². The highest BCUT2D eigenvalue weighted by molar-refractivity contribution is 9.10. The van der Waals surface area contributed by atoms with Crippen molar-refractivity contribution in [3.05, 3.63) is 40.6 Å². The molecule has 0 bridgehead atoms. The van der Waals surface area contributed by atoms with Crippen molar-refractivity contribution in [3.63, 3.8) is 0 Å². The summed E-state index contributed by atoms with van der Waals surface area (Å²) < 4.78 is 8.42. The van der Waals surface area contributed by atoms with E-state index in [0.29, 0.717) is 13.1 Å². The van der Waals surface area contributed by atoms with Gasteiger partial charge in [-0.3, -0.25) is 9.58 Å². The maximum Gasteiger partial charge on any atom is 0.411 e. The summed E-state index contributed by atoms with van der Waals surface area (Å²) >= 11 is 3.59. The van der Waals surface area contributed by atoms with E-state index in [1.165, 1.54) is 0 Å². The van der Waals surface area contributed by atoms with Gasteiger partial charge in [-0.15, -0.1) is 0 Å². The smallest absolute Gasteiger partial charge is 0.411 e. The number of halogens is 1. The lowest BCUT2D eigenvalue weighted by Gasteiger charge is -2.42. The van der Waals surface area contributed by atoms with E-state index in [4.69, 9.17) is 4.74 Å². The monoisotopic (exact) mass is 405 g/mol. The molecule has 134 valence electrons. The lowest BCUT2D eigenvalue weighted by atomic mass is 9.98. The van der Waals surface area contributed by atoms with E-state index in [1.807, 2.05) is 57.5 Å². The van der Waals surface area contributed by atoms with Crippen molar-refractivity contribution < 1.29 is 9.53 Å². The fourth-order valence-corrected chi connectivity index (χ4v) is 3.74. The zero-order chi connectivity index (χ0) is 18.4. The summed E-state index contributed by atoms with van der Waals surface area (Å²) in [6.07, 6.45) is -0.292. The number of ether oxygens (including phenoxy) is 1. The van der Waals surface area contributed by atoms with Crippen molar-refractivity contribution in [2.45, 2.75) is 58.8 Å². The Labute approximate surface area is 157 Å². The summed E-state index contributed by atoms with van der Waals surface area (Å²) in [5.74, 6) is 0. The van der Waals surface area contributed by atoms with Crippen LogP contribution in [0.3, 0.4) is 0 Å². The molecule has 2 aromatic rings. The molecule has 0 unspecified atom stereocenters. The number of hydrogen-bond acceptors (Lipinski definition) is 3. The quantitative estimate of drug-likeness (QED) is 0.681. The summed E-state index contributed by atoms with van der Waals surface area (Å²) in [6.45, 7) is 10.8. The van der Waals surface area contributed by atoms with Gasteiger partial charge in [0, 0.05) is 5.56 Å². The molecule has 0 spiro atoms. The Balaban J connectivity index is 2.01. The van der Waals surface area contributed by atoms with Gasteiger partial charge >= 0.3 is 6.09 Å². The third-order valence-electron chi connectivity index (χ3n) is 4.27. The van der Waals surface area contributed by atoms with E-state index < -0.39 is 5.60 Å². The molecule has 2 heterocycles. The Hall–Kier alpha value is -1.82. The topological polar surface area (TPSA) is 47.4 Å². The Morgan fingerprint density at radius 3 is 2.48 bits per heavy atom. The van der Waals surface area contributed by atoms with Crippen molar-refractivity contribution in [1.82, 2.24) is 14.7 Å². The van der Waals surface area contributed by atoms with E-state index in [1.54, 1.807) is 4.90 Å². The van der Waals surface area contributed by atoms with Gasteiger partial charge in [-0.1, -0.05) is 30.3 Å². The number of benzene rings is 1. The number of carbonyl (C=O) groups excluding carboxylic acids is 1. The normalized spacial score (nSPS) is 16.5. The molecule has 25 heavy (non-hydrogen) atoms. The van der Waals surface area contributed by atoms with Gasteiger partial charge in [0.2, 0.25) is 0 Å². The van der Waals surface area contributed by atoms with Crippen LogP contribution in [0.1, 0.15) is 40.3 Å². The molecule has 1 aromatic carbocycles. The van der Waals surface area contributed by atoms with Gasteiger partial charge in [0.1, 0.15) is 10.2 Å². The van der Waals surface area contributed by atoms with Crippen LogP contribution in [0.25, 0.3) is 11.1 Å². The highest BCUT2D eigenvalue weighted by atomic mass is 79.9. The van der Waals surface area contributed by atoms with Gasteiger partial charge in [0.25, 0.3) is 0 Å². The molecule has 3 rings (SSSR count). The zero-order valence-corrected chi connectivity index (χ0v) is 16.9. The molecule has 1 aliphatic rings. The molecule has 0 fully saturated rings. The predicted molar refractivity (Wildman–Crippen MR) is 101 cm³/mol. The second-order valence-corrected chi connectivity index (χ2v) is 8.77. The number of amides is 1. The predicted octanol–water partition coefficient (Wildman–Crippen LogP) is 4.84. The first kappa shape index (κ1) is 18.0. The van der Waals surface area contributed by atoms with E-state index in [-0.39, 0.29) is 11.6 Å². The Kier molecular flexibility index (Phi) is 4.43. The molecule has 0 radical (unpaired) electrons. The van der Waals surface area contributed by atoms with Crippen LogP contribution in [0.15, 0.2) is 34.9 Å². The van der Waals surface area contributed by atoms with Crippen LogP contribution in [0.5, 0.6) is 0 Å². The molecule has 0 aliphatic carbocycles. The van der Waals surface area contributed by atoms with E-state index in [9.17, 15) is 4.79 Å². The summed E-state index contributed by atoms with van der Waals surface area (Å²) in [5.41, 5.74) is 2.23. The van der Waals surface area contributed by atoms with Crippen LogP contribution < -0.4 is 0 Å². The Morgan fingerprint density at radius 1 is 1.24 bits per heavy atom. The second kappa shape index (κ2) is 6.16. The first-order chi connectivity index (χ1) is 11.6. The number of aromatic nitrogens is 2. The minimum Gasteiger partial charge on any atom is -0.444 e. The fourth-order valence-electron chi connectivity index (χ4n) is 3.09. The zero-order valence-electron chi connectivity index (χ0n) is 15.3. The summed E-state index contributed by atoms with van der Waals surface area (Å²) in [5, 5.41) is 4.65. The Morgan fingerprint density at radius 2 is 1.88 bits per heavy atom. The molecular weight excluding hydrogens is 382 g/mol. The number of rotatable bonds is 1. The molecule has 0 saturated carbocycles. The van der Waals surface area contributed by atoms with Crippen molar-refractivity contribution >= 4 is 22.0 Å². The lowest BCUT2D eigenvalue weighted by molar-refractivity contribution is -0.0110. The molecule has 6 heteroatoms. The summed E-state index contributed by atoms with van der Waals surface area (Å²) in [7, 11) is 0. The minimum absolute atomic E-state index is 0.292. The molecular formula is C19H24BrN3O2. The first-order valence-electron chi connectivity index (χ1n) is 8.40. The highest BCUT2D eigenvalue weighted by Gasteiger charge is 2.40. The van der Waals surface area contributed by atoms with Crippen LogP contribution in [0.4, 0.5) is 4.79 Å². The number of fused-ring (bicyclic) bond motifs is 1. The molecule has 0 N–H and O–H groups in total. The molecule has 1 aliphatic heterocycles. The number of carbonyl (C=O) groups is 1.